The Labute approximate surface area is 192 Å². The van der Waals surface area contributed by atoms with Crippen LogP contribution in [0.3, 0.4) is 0 Å². The maximum Gasteiger partial charge on any atom is 0.277 e. The second kappa shape index (κ2) is 10.4. The zero-order valence-corrected chi connectivity index (χ0v) is 18.8. The molecule has 0 unspecified atom stereocenters. The van der Waals surface area contributed by atoms with Crippen molar-refractivity contribution < 1.29 is 9.21 Å². The molecular weight excluding hydrogens is 422 g/mol. The highest BCUT2D eigenvalue weighted by Crippen LogP contribution is 2.26. The third-order valence-electron chi connectivity index (χ3n) is 5.31. The Kier molecular flexibility index (Phi) is 7.10. The molecule has 1 amide bonds. The third kappa shape index (κ3) is 5.49. The average Bonchev–Trinajstić information content (AvgIpc) is 3.28. The summed E-state index contributed by atoms with van der Waals surface area (Å²) in [4.78, 5) is 17.0. The highest BCUT2D eigenvalue weighted by Gasteiger charge is 2.17. The SMILES string of the molecule is C#CCN1CCN(c2ccc(NC(=O)CSc3nnc(-c4ccccc4C)o3)cc2)CC1. The quantitative estimate of drug-likeness (QED) is 0.439. The fourth-order valence-corrected chi connectivity index (χ4v) is 4.13. The van der Waals surface area contributed by atoms with Gasteiger partial charge in [0.2, 0.25) is 11.8 Å². The summed E-state index contributed by atoms with van der Waals surface area (Å²) in [6.45, 7) is 6.50. The number of aryl methyl sites for hydroxylation is 1. The van der Waals surface area contributed by atoms with E-state index in [0.29, 0.717) is 17.7 Å². The lowest BCUT2D eigenvalue weighted by atomic mass is 10.1. The van der Waals surface area contributed by atoms with Crippen LogP contribution in [0.1, 0.15) is 5.56 Å². The zero-order chi connectivity index (χ0) is 22.3. The zero-order valence-electron chi connectivity index (χ0n) is 18.0. The first kappa shape index (κ1) is 21.9. The standard InChI is InChI=1S/C24H25N5O2S/c1-3-12-28-13-15-29(16-14-28)20-10-8-19(9-11-20)25-22(30)17-32-24-27-26-23(31-24)21-7-5-4-6-18(21)2/h1,4-11H,12-17H2,2H3,(H,25,30). The number of anilines is 2. The number of nitrogens with zero attached hydrogens (tertiary/aromatic N) is 4. The Morgan fingerprint density at radius 3 is 2.59 bits per heavy atom. The number of carbonyl (C=O) groups is 1. The van der Waals surface area contributed by atoms with Crippen molar-refractivity contribution in [2.75, 3.05) is 48.7 Å². The van der Waals surface area contributed by atoms with Gasteiger partial charge in [-0.25, -0.2) is 0 Å². The van der Waals surface area contributed by atoms with Crippen molar-refractivity contribution in [2.24, 2.45) is 0 Å². The predicted molar refractivity (Wildman–Crippen MR) is 128 cm³/mol. The van der Waals surface area contributed by atoms with E-state index in [1.807, 2.05) is 55.5 Å². The molecule has 2 aromatic carbocycles. The van der Waals surface area contributed by atoms with E-state index >= 15 is 0 Å². The first-order chi connectivity index (χ1) is 15.6. The lowest BCUT2D eigenvalue weighted by Gasteiger charge is -2.35. The molecule has 164 valence electrons. The summed E-state index contributed by atoms with van der Waals surface area (Å²) >= 11 is 1.22. The molecule has 4 rings (SSSR count). The molecule has 1 N–H and O–H groups in total. The molecular formula is C24H25N5O2S. The number of hydrogen-bond acceptors (Lipinski definition) is 7. The molecule has 0 bridgehead atoms. The van der Waals surface area contributed by atoms with Gasteiger partial charge in [0.25, 0.3) is 5.22 Å². The van der Waals surface area contributed by atoms with Gasteiger partial charge in [-0.15, -0.1) is 16.6 Å². The number of piperazine rings is 1. The summed E-state index contributed by atoms with van der Waals surface area (Å²) in [6.07, 6.45) is 5.39. The normalized spacial score (nSPS) is 14.2. The van der Waals surface area contributed by atoms with Crippen LogP contribution in [0.4, 0.5) is 11.4 Å². The number of amides is 1. The topological polar surface area (TPSA) is 74.5 Å². The van der Waals surface area contributed by atoms with Crippen molar-refractivity contribution in [3.05, 3.63) is 54.1 Å². The Morgan fingerprint density at radius 1 is 1.12 bits per heavy atom. The maximum atomic E-state index is 12.3. The molecule has 1 aromatic heterocycles. The molecule has 7 nitrogen and oxygen atoms in total. The van der Waals surface area contributed by atoms with Gasteiger partial charge in [-0.3, -0.25) is 9.69 Å². The smallest absolute Gasteiger partial charge is 0.277 e. The largest absolute Gasteiger partial charge is 0.411 e. The number of nitrogens with one attached hydrogen (secondary N) is 1. The van der Waals surface area contributed by atoms with Gasteiger partial charge in [-0.05, 0) is 42.8 Å². The van der Waals surface area contributed by atoms with E-state index in [-0.39, 0.29) is 11.7 Å². The molecule has 1 aliphatic rings. The van der Waals surface area contributed by atoms with Crippen molar-refractivity contribution in [2.45, 2.75) is 12.1 Å². The van der Waals surface area contributed by atoms with E-state index in [1.165, 1.54) is 11.8 Å². The van der Waals surface area contributed by atoms with Crippen LogP contribution in [0, 0.1) is 19.3 Å². The van der Waals surface area contributed by atoms with Gasteiger partial charge in [0.05, 0.1) is 12.3 Å². The molecule has 0 aliphatic carbocycles. The van der Waals surface area contributed by atoms with Crippen LogP contribution in [0.25, 0.3) is 11.5 Å². The van der Waals surface area contributed by atoms with Crippen LogP contribution < -0.4 is 10.2 Å². The van der Waals surface area contributed by atoms with Gasteiger partial charge in [0, 0.05) is 43.1 Å². The second-order valence-electron chi connectivity index (χ2n) is 7.54. The van der Waals surface area contributed by atoms with Gasteiger partial charge in [0.15, 0.2) is 0 Å². The highest BCUT2D eigenvalue weighted by atomic mass is 32.2. The number of terminal acetylenes is 1. The number of carbonyl (C=O) groups excluding carboxylic acids is 1. The van der Waals surface area contributed by atoms with E-state index in [2.05, 4.69) is 31.2 Å². The van der Waals surface area contributed by atoms with Crippen molar-refractivity contribution in [1.82, 2.24) is 15.1 Å². The minimum absolute atomic E-state index is 0.124. The number of hydrogen-bond donors (Lipinski definition) is 1. The van der Waals surface area contributed by atoms with Crippen molar-refractivity contribution >= 4 is 29.0 Å². The maximum absolute atomic E-state index is 12.3. The fraction of sp³-hybridized carbons (Fsp3) is 0.292. The number of rotatable bonds is 7. The van der Waals surface area contributed by atoms with E-state index in [4.69, 9.17) is 10.8 Å². The van der Waals surface area contributed by atoms with Crippen molar-refractivity contribution in [3.8, 4) is 23.8 Å². The molecule has 8 heteroatoms. The summed E-state index contributed by atoms with van der Waals surface area (Å²) in [5.74, 6) is 3.23. The van der Waals surface area contributed by atoms with Gasteiger partial charge in [0.1, 0.15) is 0 Å². The molecule has 3 aromatic rings. The van der Waals surface area contributed by atoms with Crippen LogP contribution in [-0.2, 0) is 4.79 Å². The van der Waals surface area contributed by atoms with E-state index in [9.17, 15) is 4.79 Å². The predicted octanol–water partition coefficient (Wildman–Crippen LogP) is 3.53. The highest BCUT2D eigenvalue weighted by molar-refractivity contribution is 7.99. The first-order valence-corrected chi connectivity index (χ1v) is 11.4. The lowest BCUT2D eigenvalue weighted by Crippen LogP contribution is -2.46. The number of benzene rings is 2. The molecule has 0 radical (unpaired) electrons. The van der Waals surface area contributed by atoms with Gasteiger partial charge >= 0.3 is 0 Å². The fourth-order valence-electron chi connectivity index (χ4n) is 3.56. The van der Waals surface area contributed by atoms with Gasteiger partial charge < -0.3 is 14.6 Å². The molecule has 1 saturated heterocycles. The number of aromatic nitrogens is 2. The van der Waals surface area contributed by atoms with Crippen LogP contribution >= 0.6 is 11.8 Å². The molecule has 0 saturated carbocycles. The monoisotopic (exact) mass is 447 g/mol. The molecule has 32 heavy (non-hydrogen) atoms. The van der Waals surface area contributed by atoms with Crippen molar-refractivity contribution in [3.63, 3.8) is 0 Å². The number of thioether (sulfide) groups is 1. The van der Waals surface area contributed by atoms with Crippen molar-refractivity contribution in [1.29, 1.82) is 0 Å². The molecule has 0 spiro atoms. The van der Waals surface area contributed by atoms with Gasteiger partial charge in [-0.1, -0.05) is 35.9 Å². The Morgan fingerprint density at radius 2 is 1.88 bits per heavy atom. The average molecular weight is 448 g/mol. The van der Waals surface area contributed by atoms with Crippen LogP contribution in [-0.4, -0.2) is 59.5 Å². The first-order valence-electron chi connectivity index (χ1n) is 10.5. The molecule has 1 fully saturated rings. The second-order valence-corrected chi connectivity index (χ2v) is 8.47. The molecule has 1 aliphatic heterocycles. The summed E-state index contributed by atoms with van der Waals surface area (Å²) in [6, 6.07) is 15.7. The van der Waals surface area contributed by atoms with Gasteiger partial charge in [-0.2, -0.15) is 0 Å². The third-order valence-corrected chi connectivity index (χ3v) is 6.13. The summed E-state index contributed by atoms with van der Waals surface area (Å²) in [5, 5.41) is 11.4. The lowest BCUT2D eigenvalue weighted by molar-refractivity contribution is -0.113. The summed E-state index contributed by atoms with van der Waals surface area (Å²) in [5.41, 5.74) is 3.86. The minimum Gasteiger partial charge on any atom is -0.411 e. The Balaban J connectivity index is 1.26. The molecule has 0 atom stereocenters. The Hall–Kier alpha value is -3.28. The van der Waals surface area contributed by atoms with Crippen LogP contribution in [0.15, 0.2) is 58.2 Å². The molecule has 2 heterocycles. The minimum atomic E-state index is -0.124. The van der Waals surface area contributed by atoms with Crippen LogP contribution in [0.5, 0.6) is 0 Å². The Bertz CT molecular complexity index is 1100. The van der Waals surface area contributed by atoms with E-state index in [0.717, 1.165) is 48.7 Å². The van der Waals surface area contributed by atoms with Crippen LogP contribution in [0.2, 0.25) is 0 Å². The summed E-state index contributed by atoms with van der Waals surface area (Å²) in [7, 11) is 0. The van der Waals surface area contributed by atoms with E-state index < -0.39 is 0 Å². The van der Waals surface area contributed by atoms with E-state index in [1.54, 1.807) is 0 Å². The summed E-state index contributed by atoms with van der Waals surface area (Å²) < 4.78 is 5.70.